The number of aryl methyl sites for hydroxylation is 2. The molecule has 19 atom stereocenters. The molecule has 5 aliphatic heterocycles. The number of hydrogen-bond acceptors (Lipinski definition) is 35. The van der Waals surface area contributed by atoms with Gasteiger partial charge in [0.25, 0.3) is 22.2 Å². The number of nitrogens with two attached hydrogens (primary N) is 3. The number of aromatic nitrogens is 16. The zero-order valence-corrected chi connectivity index (χ0v) is 56.2. The summed E-state index contributed by atoms with van der Waals surface area (Å²) in [5.74, 6) is -0.544. The number of nitrogens with one attached hydrogen (secondary N) is 4. The molecule has 0 aliphatic carbocycles. The fourth-order valence-electron chi connectivity index (χ4n) is 12.0. The smallest absolute Gasteiger partial charge is 0.394 e. The van der Waals surface area contributed by atoms with Gasteiger partial charge in [-0.2, -0.15) is 9.97 Å². The van der Waals surface area contributed by atoms with E-state index in [2.05, 4.69) is 54.8 Å². The van der Waals surface area contributed by atoms with Gasteiger partial charge >= 0.3 is 42.7 Å². The maximum Gasteiger partial charge on any atom is 0.472 e. The van der Waals surface area contributed by atoms with Gasteiger partial charge in [-0.25, -0.2) is 52.8 Å². The van der Waals surface area contributed by atoms with E-state index >= 15 is 0 Å². The number of aliphatic hydroxyl groups is 2. The number of imidazole rings is 3. The van der Waals surface area contributed by atoms with Crippen molar-refractivity contribution in [1.82, 2.24) is 77.7 Å². The van der Waals surface area contributed by atoms with Crippen molar-refractivity contribution < 1.29 is 108 Å². The molecule has 13 heterocycles. The predicted octanol–water partition coefficient (Wildman–Crippen LogP) is -2.64. The first-order valence-electron chi connectivity index (χ1n) is 30.5. The zero-order chi connectivity index (χ0) is 72.6. The van der Waals surface area contributed by atoms with Gasteiger partial charge in [0.1, 0.15) is 97.9 Å². The summed E-state index contributed by atoms with van der Waals surface area (Å²) in [6.07, 6.45) is -16.6. The molecular weight excluding hydrogens is 1450 g/mol. The molecule has 8 aromatic rings. The third-order valence-electron chi connectivity index (χ3n) is 16.9. The van der Waals surface area contributed by atoms with Gasteiger partial charge in [0, 0.05) is 55.6 Å². The van der Waals surface area contributed by atoms with Crippen LogP contribution in [0, 0.1) is 13.8 Å². The Kier molecular flexibility index (Phi) is 20.1. The fraction of sp³-hybridized carbons (Fsp3) is 0.540. The number of nitrogens with zero attached hydrogens (tertiary/aromatic N) is 12. The van der Waals surface area contributed by atoms with Crippen molar-refractivity contribution >= 4 is 82.5 Å². The highest BCUT2D eigenvalue weighted by Gasteiger charge is 2.50. The number of H-pyrrole nitrogens is 4. The standard InChI is InChI=1S/C50H63N19O29P4/c1-19-8-65(49(76)63-43(19)72)32-5-23(96-99(78,79)86-11-27-21(71)3-31(91-27)67-16-56-36-39(51)54-15-55-40(36)67)28(92-32)12-88-101(82,83)97-24-6-33(66-9-20(2)44(73)64-50(66)77)93-29(24)13-89-102(84,85)98-25-7-35(69-18-58-38-42(69)60-48(53)62-46(38)75)94-30(25)14-87-100(80,81)95-22-4-34(90-26(22)10-70)68-17-57-37-41(68)59-47(52)61-45(37)74/h8-9,15-18,21-35,70-71H,3-7,10-14H2,1-2H3,(H,78,79)(H,80,81)(H,82,83)(H,84,85)(H2,51,54,55)(H,63,72,76)(H,64,73,77)(H3,52,59,61,74)(H3,53,60,62,75)/t21-,22-,23-,24-,25-,26+,27+,28+,29+,30+,31+,32+,33+,34+,35+/m0/s1. The molecule has 0 radical (unpaired) electrons. The lowest BCUT2D eigenvalue weighted by molar-refractivity contribution is -0.0644. The Morgan fingerprint density at radius 1 is 0.461 bits per heavy atom. The monoisotopic (exact) mass is 1520 g/mol. The summed E-state index contributed by atoms with van der Waals surface area (Å²) >= 11 is 0. The number of phosphoric ester groups is 4. The second kappa shape index (κ2) is 28.3. The van der Waals surface area contributed by atoms with Crippen molar-refractivity contribution in [3.05, 3.63) is 111 Å². The molecule has 0 aromatic carbocycles. The molecule has 48 nitrogen and oxygen atoms in total. The van der Waals surface area contributed by atoms with E-state index in [1.165, 1.54) is 46.5 Å². The zero-order valence-electron chi connectivity index (χ0n) is 52.7. The van der Waals surface area contributed by atoms with E-state index in [0.29, 0.717) is 0 Å². The molecule has 0 spiro atoms. The van der Waals surface area contributed by atoms with Crippen LogP contribution in [0.3, 0.4) is 0 Å². The van der Waals surface area contributed by atoms with Crippen LogP contribution in [0.5, 0.6) is 0 Å². The fourth-order valence-corrected chi connectivity index (χ4v) is 15.9. The van der Waals surface area contributed by atoms with E-state index in [4.69, 9.17) is 77.1 Å². The van der Waals surface area contributed by atoms with Crippen LogP contribution in [0.25, 0.3) is 33.5 Å². The molecule has 552 valence electrons. The van der Waals surface area contributed by atoms with Crippen LogP contribution in [-0.2, 0) is 78.1 Å². The molecule has 5 saturated heterocycles. The van der Waals surface area contributed by atoms with Gasteiger partial charge in [0.15, 0.2) is 33.8 Å². The summed E-state index contributed by atoms with van der Waals surface area (Å²) in [6, 6.07) is 0. The number of phosphoric acid groups is 4. The first-order chi connectivity index (χ1) is 48.3. The van der Waals surface area contributed by atoms with Gasteiger partial charge in [-0.3, -0.25) is 98.1 Å². The number of anilines is 3. The molecule has 8 aromatic heterocycles. The first kappa shape index (κ1) is 72.5. The third kappa shape index (κ3) is 15.4. The van der Waals surface area contributed by atoms with Crippen LogP contribution < -0.4 is 50.8 Å². The van der Waals surface area contributed by atoms with E-state index < -0.39 is 209 Å². The van der Waals surface area contributed by atoms with E-state index in [9.17, 15) is 76.8 Å². The Balaban J connectivity index is 0.699. The summed E-state index contributed by atoms with van der Waals surface area (Å²) in [7, 11) is -21.7. The van der Waals surface area contributed by atoms with Gasteiger partial charge in [-0.1, -0.05) is 0 Å². The SMILES string of the molecule is Cc1cn([C@H]2C[C@H](OP(=O)(O)OC[C@H]3O[C@@H](n4cnc5c(N)ncnc54)C[C@@H]3O)[C@@H](COP(=O)(O)O[C@H]3C[C@H](n4cc(C)c(=O)[nH]c4=O)O[C@@H]3COP(=O)(O)O[C@H]3C[C@H](n4cnc5c(=O)[nH]c(N)nc54)O[C@@H]3COP(=O)(O)O[C@H]3C[C@H](n4cnc5c(=O)[nH]c(N)nc54)O[C@@H]3CO)O2)c(=O)[nH]c1=O. The summed E-state index contributed by atoms with van der Waals surface area (Å²) in [5, 5.41) is 21.2. The summed E-state index contributed by atoms with van der Waals surface area (Å²) in [6.45, 7) is -1.99. The highest BCUT2D eigenvalue weighted by molar-refractivity contribution is 7.48. The Bertz CT molecular complexity index is 5100. The van der Waals surface area contributed by atoms with Crippen LogP contribution in [0.4, 0.5) is 17.7 Å². The minimum absolute atomic E-state index is 0.0171. The van der Waals surface area contributed by atoms with Gasteiger partial charge < -0.3 is 70.7 Å². The Morgan fingerprint density at radius 3 is 1.22 bits per heavy atom. The summed E-state index contributed by atoms with van der Waals surface area (Å²) in [4.78, 5) is 159. The molecule has 5 aliphatic rings. The first-order valence-corrected chi connectivity index (χ1v) is 36.5. The largest absolute Gasteiger partial charge is 0.472 e. The lowest BCUT2D eigenvalue weighted by Gasteiger charge is -2.25. The number of aliphatic hydroxyl groups excluding tert-OH is 2. The van der Waals surface area contributed by atoms with Gasteiger partial charge in [0.05, 0.1) is 58.1 Å². The number of hydrogen-bond donors (Lipinski definition) is 13. The maximum atomic E-state index is 14.2. The quantitative estimate of drug-likeness (QED) is 0.0246. The van der Waals surface area contributed by atoms with Crippen LogP contribution in [-0.4, -0.2) is 202 Å². The van der Waals surface area contributed by atoms with E-state index in [1.54, 1.807) is 0 Å². The van der Waals surface area contributed by atoms with Crippen LogP contribution in [0.15, 0.2) is 66.5 Å². The molecule has 0 bridgehead atoms. The maximum absolute atomic E-state index is 14.2. The predicted molar refractivity (Wildman–Crippen MR) is 335 cm³/mol. The molecule has 52 heteroatoms. The van der Waals surface area contributed by atoms with Crippen molar-refractivity contribution in [3.8, 4) is 0 Å². The molecular formula is C50H63N19O29P4. The number of rotatable bonds is 26. The average Bonchev–Trinajstić information content (AvgIpc) is 1.64. The minimum Gasteiger partial charge on any atom is -0.394 e. The normalized spacial score (nSPS) is 29.2. The Hall–Kier alpha value is -7.83. The van der Waals surface area contributed by atoms with Crippen LogP contribution >= 0.6 is 31.3 Å². The second-order valence-corrected chi connectivity index (χ2v) is 29.4. The Labute approximate surface area is 565 Å². The van der Waals surface area contributed by atoms with Crippen molar-refractivity contribution in [2.24, 2.45) is 0 Å². The van der Waals surface area contributed by atoms with E-state index in [-0.39, 0.29) is 75.2 Å². The molecule has 5 fully saturated rings. The lowest BCUT2D eigenvalue weighted by Crippen LogP contribution is -2.33. The Morgan fingerprint density at radius 2 is 0.804 bits per heavy atom. The van der Waals surface area contributed by atoms with Crippen LogP contribution in [0.1, 0.15) is 74.4 Å². The van der Waals surface area contributed by atoms with E-state index in [1.807, 2.05) is 0 Å². The second-order valence-electron chi connectivity index (χ2n) is 23.8. The van der Waals surface area contributed by atoms with Crippen molar-refractivity contribution in [1.29, 1.82) is 0 Å². The van der Waals surface area contributed by atoms with Gasteiger partial charge in [0.2, 0.25) is 11.9 Å². The summed E-state index contributed by atoms with van der Waals surface area (Å²) in [5.41, 5.74) is 12.4. The highest BCUT2D eigenvalue weighted by Crippen LogP contribution is 2.55. The van der Waals surface area contributed by atoms with E-state index in [0.717, 1.165) is 27.9 Å². The third-order valence-corrected chi connectivity index (χ3v) is 21.0. The molecule has 0 amide bonds. The van der Waals surface area contributed by atoms with Crippen molar-refractivity contribution in [2.75, 3.05) is 50.2 Å². The average molecular weight is 1520 g/mol. The number of nitrogen functional groups attached to an aromatic ring is 3. The molecule has 4 unspecified atom stereocenters. The minimum atomic E-state index is -5.56. The number of ether oxygens (including phenoxy) is 5. The van der Waals surface area contributed by atoms with Gasteiger partial charge in [-0.05, 0) is 13.8 Å². The van der Waals surface area contributed by atoms with Gasteiger partial charge in [-0.15, -0.1) is 0 Å². The highest BCUT2D eigenvalue weighted by atomic mass is 31.2. The lowest BCUT2D eigenvalue weighted by atomic mass is 10.2. The number of aromatic amines is 4. The van der Waals surface area contributed by atoms with Crippen molar-refractivity contribution in [3.63, 3.8) is 0 Å². The topological polar surface area (TPSA) is 668 Å². The molecule has 0 saturated carbocycles. The molecule has 102 heavy (non-hydrogen) atoms. The number of fused-ring (bicyclic) bond motifs is 3. The van der Waals surface area contributed by atoms with Crippen molar-refractivity contribution in [2.45, 2.75) is 138 Å². The van der Waals surface area contributed by atoms with Crippen LogP contribution in [0.2, 0.25) is 0 Å². The summed E-state index contributed by atoms with van der Waals surface area (Å²) < 4.78 is 135. The molecule has 16 N–H and O–H groups in total. The molecule has 13 rings (SSSR count).